The van der Waals surface area contributed by atoms with E-state index >= 15 is 0 Å². The molecule has 5 amide bonds. The number of aldehydes is 1. The van der Waals surface area contributed by atoms with Crippen molar-refractivity contribution in [2.24, 2.45) is 11.3 Å². The topological polar surface area (TPSA) is 186 Å². The van der Waals surface area contributed by atoms with Crippen LogP contribution in [0.1, 0.15) is 85.3 Å². The number of amides is 5. The molecule has 2 fully saturated rings. The predicted octanol–water partition coefficient (Wildman–Crippen LogP) is 1.91. The zero-order chi connectivity index (χ0) is 37.8. The number of benzene rings is 1. The lowest BCUT2D eigenvalue weighted by atomic mass is 9.85. The van der Waals surface area contributed by atoms with Crippen molar-refractivity contribution < 1.29 is 38.6 Å². The minimum Gasteiger partial charge on any atom is -0.444 e. The Hall–Kier alpha value is -4.04. The van der Waals surface area contributed by atoms with Crippen LogP contribution < -0.4 is 21.3 Å². The van der Waals surface area contributed by atoms with Crippen molar-refractivity contribution in [3.8, 4) is 0 Å². The molecule has 1 aromatic carbocycles. The van der Waals surface area contributed by atoms with E-state index in [0.717, 1.165) is 18.4 Å². The van der Waals surface area contributed by atoms with Crippen LogP contribution in [0, 0.1) is 11.3 Å². The molecule has 5 unspecified atom stereocenters. The Labute approximate surface area is 296 Å². The van der Waals surface area contributed by atoms with Crippen LogP contribution in [0.3, 0.4) is 0 Å². The lowest BCUT2D eigenvalue weighted by molar-refractivity contribution is -0.142. The van der Waals surface area contributed by atoms with E-state index in [1.807, 2.05) is 51.1 Å². The summed E-state index contributed by atoms with van der Waals surface area (Å²) in [5.74, 6) is -0.685. The SMILES string of the molecule is CC(C)(C)OC(=O)NC(C(=O)N1CCCC1C(=O)NC(CC1CC1)C(O)C=O)C(C)(C)C.CNCC(=O)NC(C(=O)N(C)C)c1ccccc1. The maximum absolute atomic E-state index is 13.4. The lowest BCUT2D eigenvalue weighted by Gasteiger charge is -2.36. The van der Waals surface area contributed by atoms with Crippen molar-refractivity contribution in [1.82, 2.24) is 31.1 Å². The summed E-state index contributed by atoms with van der Waals surface area (Å²) >= 11 is 0. The van der Waals surface area contributed by atoms with Crippen molar-refractivity contribution in [3.63, 3.8) is 0 Å². The molecule has 1 saturated heterocycles. The largest absolute Gasteiger partial charge is 0.444 e. The van der Waals surface area contributed by atoms with Gasteiger partial charge in [-0.05, 0) is 64.0 Å². The van der Waals surface area contributed by atoms with Gasteiger partial charge in [0.2, 0.25) is 23.6 Å². The Morgan fingerprint density at radius 2 is 1.60 bits per heavy atom. The lowest BCUT2D eigenvalue weighted by Crippen LogP contribution is -2.59. The van der Waals surface area contributed by atoms with Gasteiger partial charge in [-0.3, -0.25) is 19.2 Å². The van der Waals surface area contributed by atoms with E-state index in [1.165, 1.54) is 9.80 Å². The Morgan fingerprint density at radius 1 is 0.980 bits per heavy atom. The average molecular weight is 703 g/mol. The van der Waals surface area contributed by atoms with Crippen LogP contribution in [0.5, 0.6) is 0 Å². The molecule has 14 nitrogen and oxygen atoms in total. The highest BCUT2D eigenvalue weighted by Gasteiger charge is 2.43. The summed E-state index contributed by atoms with van der Waals surface area (Å²) < 4.78 is 5.32. The van der Waals surface area contributed by atoms with E-state index in [4.69, 9.17) is 4.74 Å². The number of hydrogen-bond acceptors (Lipinski definition) is 9. The third-order valence-electron chi connectivity index (χ3n) is 8.24. The molecule has 50 heavy (non-hydrogen) atoms. The fourth-order valence-corrected chi connectivity index (χ4v) is 5.48. The van der Waals surface area contributed by atoms with Gasteiger partial charge >= 0.3 is 6.09 Å². The van der Waals surface area contributed by atoms with Crippen molar-refractivity contribution in [2.75, 3.05) is 34.2 Å². The molecule has 0 radical (unpaired) electrons. The van der Waals surface area contributed by atoms with Gasteiger partial charge in [0.1, 0.15) is 29.8 Å². The fraction of sp³-hybridized carbons (Fsp3) is 0.667. The fourth-order valence-electron chi connectivity index (χ4n) is 5.48. The van der Waals surface area contributed by atoms with Crippen LogP contribution in [-0.4, -0.2) is 115 Å². The number of hydrogen-bond donors (Lipinski definition) is 5. The Kier molecular flexibility index (Phi) is 15.9. The summed E-state index contributed by atoms with van der Waals surface area (Å²) in [5, 5.41) is 21.0. The van der Waals surface area contributed by atoms with Gasteiger partial charge in [0.05, 0.1) is 12.6 Å². The number of likely N-dealkylation sites (N-methyl/N-ethyl adjacent to an activating group) is 2. The zero-order valence-corrected chi connectivity index (χ0v) is 31.1. The van der Waals surface area contributed by atoms with Gasteiger partial charge in [0.15, 0.2) is 6.29 Å². The normalized spacial score (nSPS) is 18.3. The molecule has 5 N–H and O–H groups in total. The van der Waals surface area contributed by atoms with Gasteiger partial charge in [0, 0.05) is 20.6 Å². The smallest absolute Gasteiger partial charge is 0.408 e. The highest BCUT2D eigenvalue weighted by Crippen LogP contribution is 2.34. The highest BCUT2D eigenvalue weighted by molar-refractivity contribution is 5.92. The van der Waals surface area contributed by atoms with E-state index < -0.39 is 47.4 Å². The molecule has 280 valence electrons. The van der Waals surface area contributed by atoms with Gasteiger partial charge in [-0.1, -0.05) is 63.9 Å². The minimum atomic E-state index is -1.28. The third kappa shape index (κ3) is 13.7. The molecule has 1 heterocycles. The second-order valence-corrected chi connectivity index (χ2v) is 15.2. The number of aliphatic hydroxyl groups excluding tert-OH is 1. The number of alkyl carbamates (subject to hydrolysis) is 1. The minimum absolute atomic E-state index is 0.148. The van der Waals surface area contributed by atoms with Crippen LogP contribution >= 0.6 is 0 Å². The number of nitrogens with one attached hydrogen (secondary N) is 4. The summed E-state index contributed by atoms with van der Waals surface area (Å²) in [7, 11) is 5.02. The van der Waals surface area contributed by atoms with E-state index in [2.05, 4.69) is 21.3 Å². The van der Waals surface area contributed by atoms with E-state index in [-0.39, 0.29) is 30.2 Å². The maximum atomic E-state index is 13.4. The predicted molar refractivity (Wildman–Crippen MR) is 189 cm³/mol. The molecular formula is C36H58N6O8. The molecule has 0 spiro atoms. The zero-order valence-electron chi connectivity index (χ0n) is 31.1. The van der Waals surface area contributed by atoms with Gasteiger partial charge < -0.3 is 45.7 Å². The molecule has 0 bridgehead atoms. The van der Waals surface area contributed by atoms with Gasteiger partial charge in [0.25, 0.3) is 0 Å². The number of likely N-dealkylation sites (tertiary alicyclic amines) is 1. The van der Waals surface area contributed by atoms with Gasteiger partial charge in [-0.25, -0.2) is 4.79 Å². The Bertz CT molecular complexity index is 1310. The molecule has 3 rings (SSSR count). The second kappa shape index (κ2) is 18.8. The summed E-state index contributed by atoms with van der Waals surface area (Å²) in [5.41, 5.74) is -0.540. The van der Waals surface area contributed by atoms with E-state index in [1.54, 1.807) is 41.9 Å². The van der Waals surface area contributed by atoms with Crippen molar-refractivity contribution in [1.29, 1.82) is 0 Å². The Morgan fingerprint density at radius 3 is 2.10 bits per heavy atom. The van der Waals surface area contributed by atoms with Crippen LogP contribution in [0.2, 0.25) is 0 Å². The van der Waals surface area contributed by atoms with Gasteiger partial charge in [-0.2, -0.15) is 0 Å². The molecule has 1 aromatic rings. The molecule has 2 aliphatic rings. The average Bonchev–Trinajstić information content (AvgIpc) is 3.71. The molecule has 1 aliphatic heterocycles. The first-order valence-electron chi connectivity index (χ1n) is 17.2. The number of nitrogens with zero attached hydrogens (tertiary/aromatic N) is 2. The number of carbonyl (C=O) groups excluding carboxylic acids is 6. The third-order valence-corrected chi connectivity index (χ3v) is 8.24. The van der Waals surface area contributed by atoms with E-state index in [9.17, 15) is 33.9 Å². The van der Waals surface area contributed by atoms with Crippen molar-refractivity contribution in [2.45, 2.75) is 110 Å². The standard InChI is InChI=1S/C23H39N3O6.C13H19N3O2/c1-22(2,3)18(25-21(31)32-23(4,5)6)20(30)26-11-7-8-16(26)19(29)24-15(17(28)13-27)12-14-9-10-14;1-14-9-11(17)15-12(13(18)16(2)3)10-7-5-4-6-8-10/h13-18,28H,7-12H2,1-6H3,(H,24,29)(H,25,31);4-8,12,14H,9H2,1-3H3,(H,15,17). The maximum Gasteiger partial charge on any atom is 0.408 e. The molecule has 0 aromatic heterocycles. The quantitative estimate of drug-likeness (QED) is 0.192. The molecule has 1 aliphatic carbocycles. The molecular weight excluding hydrogens is 644 g/mol. The number of aliphatic hydroxyl groups is 1. The van der Waals surface area contributed by atoms with Crippen molar-refractivity contribution >= 4 is 36.0 Å². The van der Waals surface area contributed by atoms with Crippen LogP contribution in [0.4, 0.5) is 4.79 Å². The van der Waals surface area contributed by atoms with Crippen LogP contribution in [0.15, 0.2) is 30.3 Å². The second-order valence-electron chi connectivity index (χ2n) is 15.2. The Balaban J connectivity index is 0.000000407. The number of carbonyl (C=O) groups is 6. The van der Waals surface area contributed by atoms with E-state index in [0.29, 0.717) is 38.0 Å². The first kappa shape index (κ1) is 42.1. The molecule has 14 heteroatoms. The van der Waals surface area contributed by atoms with Crippen LogP contribution in [-0.2, 0) is 28.7 Å². The summed E-state index contributed by atoms with van der Waals surface area (Å²) in [6, 6.07) is 6.31. The first-order chi connectivity index (χ1) is 23.3. The highest BCUT2D eigenvalue weighted by atomic mass is 16.6. The number of rotatable bonds is 13. The number of ether oxygens (including phenoxy) is 1. The summed E-state index contributed by atoms with van der Waals surface area (Å²) in [6.07, 6.45) is 2.18. The van der Waals surface area contributed by atoms with Gasteiger partial charge in [-0.15, -0.1) is 0 Å². The summed E-state index contributed by atoms with van der Waals surface area (Å²) in [4.78, 5) is 76.6. The van der Waals surface area contributed by atoms with Crippen LogP contribution in [0.25, 0.3) is 0 Å². The molecule has 1 saturated carbocycles. The van der Waals surface area contributed by atoms with Crippen molar-refractivity contribution in [3.05, 3.63) is 35.9 Å². The monoisotopic (exact) mass is 702 g/mol. The summed E-state index contributed by atoms with van der Waals surface area (Å²) in [6.45, 7) is 11.3. The molecule has 5 atom stereocenters. The first-order valence-corrected chi connectivity index (χ1v) is 17.2.